The minimum atomic E-state index is 0.529. The van der Waals surface area contributed by atoms with E-state index < -0.39 is 0 Å². The Labute approximate surface area is 120 Å². The van der Waals surface area contributed by atoms with E-state index in [4.69, 9.17) is 0 Å². The van der Waals surface area contributed by atoms with Gasteiger partial charge in [-0.1, -0.05) is 55.8 Å². The molecular weight excluding hydrogens is 248 g/mol. The normalized spacial score (nSPS) is 17.8. The van der Waals surface area contributed by atoms with Crippen molar-refractivity contribution < 1.29 is 0 Å². The van der Waals surface area contributed by atoms with Gasteiger partial charge in [-0.05, 0) is 35.6 Å². The fourth-order valence-electron chi connectivity index (χ4n) is 3.05. The molecule has 0 nitrogen and oxygen atoms in total. The molecule has 0 N–H and O–H groups in total. The summed E-state index contributed by atoms with van der Waals surface area (Å²) in [6.07, 6.45) is 0. The number of benzene rings is 2. The fourth-order valence-corrected chi connectivity index (χ4v) is 4.14. The van der Waals surface area contributed by atoms with E-state index in [0.29, 0.717) is 11.8 Å². The molecule has 0 amide bonds. The van der Waals surface area contributed by atoms with Crippen LogP contribution in [-0.2, 0) is 5.75 Å². The van der Waals surface area contributed by atoms with Crippen molar-refractivity contribution in [3.63, 3.8) is 0 Å². The molecule has 1 heteroatoms. The highest BCUT2D eigenvalue weighted by Crippen LogP contribution is 2.44. The number of aryl methyl sites for hydroxylation is 1. The first-order valence-electron chi connectivity index (χ1n) is 6.98. The summed E-state index contributed by atoms with van der Waals surface area (Å²) in [6.45, 7) is 6.87. The lowest BCUT2D eigenvalue weighted by molar-refractivity contribution is 0.556. The van der Waals surface area contributed by atoms with Crippen LogP contribution >= 0.6 is 11.8 Å². The van der Waals surface area contributed by atoms with Crippen molar-refractivity contribution in [3.8, 4) is 0 Å². The molecule has 3 rings (SSSR count). The molecule has 0 aromatic heterocycles. The van der Waals surface area contributed by atoms with Gasteiger partial charge in [0.1, 0.15) is 0 Å². The topological polar surface area (TPSA) is 0 Å². The quantitative estimate of drug-likeness (QED) is 0.668. The van der Waals surface area contributed by atoms with E-state index in [1.165, 1.54) is 27.1 Å². The van der Waals surface area contributed by atoms with E-state index in [9.17, 15) is 0 Å². The maximum absolute atomic E-state index is 2.38. The minimum absolute atomic E-state index is 0.529. The van der Waals surface area contributed by atoms with Crippen molar-refractivity contribution in [2.24, 2.45) is 5.92 Å². The lowest BCUT2D eigenvalue weighted by Crippen LogP contribution is -2.10. The summed E-state index contributed by atoms with van der Waals surface area (Å²) < 4.78 is 0. The molecule has 1 aliphatic rings. The van der Waals surface area contributed by atoms with Crippen LogP contribution in [0.1, 0.15) is 42.0 Å². The number of hydrogen-bond donors (Lipinski definition) is 0. The molecule has 0 fully saturated rings. The van der Waals surface area contributed by atoms with Gasteiger partial charge in [0.25, 0.3) is 0 Å². The van der Waals surface area contributed by atoms with Crippen LogP contribution in [0.2, 0.25) is 0 Å². The Bertz CT molecular complexity index is 598. The van der Waals surface area contributed by atoms with E-state index in [0.717, 1.165) is 5.75 Å². The van der Waals surface area contributed by atoms with Crippen LogP contribution in [0.4, 0.5) is 0 Å². The van der Waals surface area contributed by atoms with E-state index in [1.54, 1.807) is 0 Å². The van der Waals surface area contributed by atoms with Crippen molar-refractivity contribution in [2.45, 2.75) is 37.3 Å². The summed E-state index contributed by atoms with van der Waals surface area (Å²) in [5, 5.41) is 0. The molecule has 98 valence electrons. The second-order valence-electron chi connectivity index (χ2n) is 5.75. The van der Waals surface area contributed by atoms with Gasteiger partial charge in [0.15, 0.2) is 0 Å². The molecule has 0 saturated heterocycles. The Hall–Kier alpha value is -1.21. The number of rotatable bonds is 1. The van der Waals surface area contributed by atoms with Crippen LogP contribution in [-0.4, -0.2) is 0 Å². The molecule has 0 aliphatic carbocycles. The van der Waals surface area contributed by atoms with Crippen molar-refractivity contribution in [1.82, 2.24) is 0 Å². The van der Waals surface area contributed by atoms with Crippen molar-refractivity contribution in [1.29, 1.82) is 0 Å². The molecule has 1 heterocycles. The molecular formula is C18H20S. The zero-order chi connectivity index (χ0) is 13.4. The average molecular weight is 268 g/mol. The van der Waals surface area contributed by atoms with Gasteiger partial charge in [0.05, 0.1) is 0 Å². The molecule has 0 spiro atoms. The van der Waals surface area contributed by atoms with Crippen LogP contribution in [0.3, 0.4) is 0 Å². The zero-order valence-electron chi connectivity index (χ0n) is 11.8. The molecule has 2 aromatic rings. The highest BCUT2D eigenvalue weighted by atomic mass is 32.2. The lowest BCUT2D eigenvalue weighted by Gasteiger charge is -2.24. The van der Waals surface area contributed by atoms with Gasteiger partial charge >= 0.3 is 0 Å². The molecule has 0 radical (unpaired) electrons. The molecule has 1 aliphatic heterocycles. The summed E-state index contributed by atoms with van der Waals surface area (Å²) in [6, 6.07) is 15.9. The van der Waals surface area contributed by atoms with Crippen LogP contribution in [0.25, 0.3) is 0 Å². The molecule has 0 bridgehead atoms. The largest absolute Gasteiger partial charge is 0.121 e. The zero-order valence-corrected chi connectivity index (χ0v) is 12.6. The third kappa shape index (κ3) is 2.32. The molecule has 19 heavy (non-hydrogen) atoms. The van der Waals surface area contributed by atoms with Gasteiger partial charge in [-0.15, -0.1) is 11.8 Å². The molecule has 2 aromatic carbocycles. The van der Waals surface area contributed by atoms with E-state index in [1.807, 2.05) is 11.8 Å². The highest BCUT2D eigenvalue weighted by Gasteiger charge is 2.26. The Morgan fingerprint density at radius 1 is 1.05 bits per heavy atom. The Kier molecular flexibility index (Phi) is 3.40. The Morgan fingerprint density at radius 3 is 2.63 bits per heavy atom. The van der Waals surface area contributed by atoms with Crippen molar-refractivity contribution >= 4 is 11.8 Å². The molecule has 1 atom stereocenters. The first-order chi connectivity index (χ1) is 9.16. The maximum Gasteiger partial charge on any atom is 0.0235 e. The van der Waals surface area contributed by atoms with Crippen molar-refractivity contribution in [2.75, 3.05) is 0 Å². The van der Waals surface area contributed by atoms with Gasteiger partial charge in [-0.3, -0.25) is 0 Å². The highest BCUT2D eigenvalue weighted by molar-refractivity contribution is 7.98. The van der Waals surface area contributed by atoms with Gasteiger partial charge in [0, 0.05) is 16.6 Å². The Morgan fingerprint density at radius 2 is 1.84 bits per heavy atom. The van der Waals surface area contributed by atoms with E-state index in [2.05, 4.69) is 63.2 Å². The van der Waals surface area contributed by atoms with Crippen molar-refractivity contribution in [3.05, 3.63) is 64.7 Å². The van der Waals surface area contributed by atoms with Crippen LogP contribution in [0, 0.1) is 12.8 Å². The van der Waals surface area contributed by atoms with Gasteiger partial charge < -0.3 is 0 Å². The average Bonchev–Trinajstić information content (AvgIpc) is 2.54. The number of fused-ring (bicyclic) bond motifs is 2. The second-order valence-corrected chi connectivity index (χ2v) is 6.77. The molecule has 0 saturated carbocycles. The van der Waals surface area contributed by atoms with Crippen LogP contribution < -0.4 is 0 Å². The monoisotopic (exact) mass is 268 g/mol. The third-order valence-electron chi connectivity index (χ3n) is 3.94. The molecule has 1 unspecified atom stereocenters. The third-order valence-corrected chi connectivity index (χ3v) is 5.08. The summed E-state index contributed by atoms with van der Waals surface area (Å²) >= 11 is 1.98. The Balaban J connectivity index is 2.23. The fraction of sp³-hybridized carbons (Fsp3) is 0.333. The lowest BCUT2D eigenvalue weighted by atomic mass is 9.80. The van der Waals surface area contributed by atoms with E-state index in [-0.39, 0.29) is 0 Å². The predicted molar refractivity (Wildman–Crippen MR) is 83.9 cm³/mol. The number of thioether (sulfide) groups is 1. The van der Waals surface area contributed by atoms with Crippen LogP contribution in [0.15, 0.2) is 47.4 Å². The first kappa shape index (κ1) is 12.8. The summed E-state index contributed by atoms with van der Waals surface area (Å²) in [4.78, 5) is 1.46. The van der Waals surface area contributed by atoms with Crippen LogP contribution in [0.5, 0.6) is 0 Å². The summed E-state index contributed by atoms with van der Waals surface area (Å²) in [7, 11) is 0. The predicted octanol–water partition coefficient (Wildman–Crippen LogP) is 5.39. The van der Waals surface area contributed by atoms with Gasteiger partial charge in [0.2, 0.25) is 0 Å². The van der Waals surface area contributed by atoms with E-state index >= 15 is 0 Å². The first-order valence-corrected chi connectivity index (χ1v) is 7.96. The van der Waals surface area contributed by atoms with Gasteiger partial charge in [-0.2, -0.15) is 0 Å². The summed E-state index contributed by atoms with van der Waals surface area (Å²) in [5.41, 5.74) is 5.91. The standard InChI is InChI=1S/C18H20S/c1-12(2)18-15-7-5-4-6-14(15)11-19-17-9-8-13(3)10-16(17)18/h4-10,12,18H,11H2,1-3H3. The second kappa shape index (κ2) is 5.05. The number of hydrogen-bond acceptors (Lipinski definition) is 1. The minimum Gasteiger partial charge on any atom is -0.121 e. The smallest absolute Gasteiger partial charge is 0.0235 e. The summed E-state index contributed by atoms with van der Waals surface area (Å²) in [5.74, 6) is 2.25. The maximum atomic E-state index is 2.38. The SMILES string of the molecule is Cc1ccc2c(c1)C(C(C)C)c1ccccc1CS2. The van der Waals surface area contributed by atoms with Gasteiger partial charge in [-0.25, -0.2) is 0 Å².